The molecule has 3 aromatic carbocycles. The first kappa shape index (κ1) is 21.4. The third kappa shape index (κ3) is 3.89. The van der Waals surface area contributed by atoms with E-state index in [0.29, 0.717) is 16.6 Å². The van der Waals surface area contributed by atoms with Gasteiger partial charge in [-0.3, -0.25) is 9.59 Å². The maximum Gasteiger partial charge on any atom is 0.255 e. The molecule has 0 aliphatic heterocycles. The highest BCUT2D eigenvalue weighted by atomic mass is 16.2. The van der Waals surface area contributed by atoms with E-state index in [1.807, 2.05) is 61.5 Å². The molecule has 4 N–H and O–H groups in total. The molecule has 5 nitrogen and oxygen atoms in total. The molecule has 0 fully saturated rings. The molecule has 0 spiro atoms. The van der Waals surface area contributed by atoms with Crippen molar-refractivity contribution < 1.29 is 9.59 Å². The molecule has 0 aliphatic carbocycles. The number of aromatic nitrogens is 1. The molecule has 1 heterocycles. The van der Waals surface area contributed by atoms with Crippen molar-refractivity contribution in [3.8, 4) is 11.1 Å². The first-order chi connectivity index (χ1) is 15.2. The molecule has 32 heavy (non-hydrogen) atoms. The molecule has 5 heteroatoms. The summed E-state index contributed by atoms with van der Waals surface area (Å²) in [5, 5.41) is 3.95. The Hall–Kier alpha value is -3.86. The van der Waals surface area contributed by atoms with Gasteiger partial charge in [-0.25, -0.2) is 0 Å². The molecule has 0 unspecified atom stereocenters. The first-order valence-corrected chi connectivity index (χ1v) is 10.6. The van der Waals surface area contributed by atoms with Crippen LogP contribution in [0.15, 0.2) is 66.9 Å². The average Bonchev–Trinajstić information content (AvgIpc) is 3.24. The number of hydrogen-bond donors (Lipinski definition) is 3. The Labute approximate surface area is 187 Å². The van der Waals surface area contributed by atoms with E-state index in [2.05, 4.69) is 31.1 Å². The Morgan fingerprint density at radius 1 is 0.906 bits per heavy atom. The van der Waals surface area contributed by atoms with Gasteiger partial charge >= 0.3 is 0 Å². The van der Waals surface area contributed by atoms with Gasteiger partial charge < -0.3 is 16.0 Å². The molecule has 0 bridgehead atoms. The summed E-state index contributed by atoms with van der Waals surface area (Å²) in [6.07, 6.45) is 1.79. The minimum atomic E-state index is -0.473. The van der Waals surface area contributed by atoms with Crippen molar-refractivity contribution in [3.63, 3.8) is 0 Å². The number of carbonyl (C=O) groups excluding carboxylic acids is 2. The van der Waals surface area contributed by atoms with Crippen LogP contribution in [0.5, 0.6) is 0 Å². The van der Waals surface area contributed by atoms with Crippen LogP contribution in [0.3, 0.4) is 0 Å². The lowest BCUT2D eigenvalue weighted by Gasteiger charge is -2.19. The highest BCUT2D eigenvalue weighted by Crippen LogP contribution is 2.35. The molecule has 4 rings (SSSR count). The molecule has 0 radical (unpaired) electrons. The third-order valence-electron chi connectivity index (χ3n) is 5.87. The van der Waals surface area contributed by atoms with Crippen molar-refractivity contribution in [3.05, 3.63) is 89.1 Å². The van der Waals surface area contributed by atoms with Gasteiger partial charge in [-0.1, -0.05) is 51.1 Å². The van der Waals surface area contributed by atoms with Crippen LogP contribution in [0.4, 0.5) is 5.69 Å². The Morgan fingerprint density at radius 2 is 1.62 bits per heavy atom. The Morgan fingerprint density at radius 3 is 2.28 bits per heavy atom. The number of carbonyl (C=O) groups is 2. The van der Waals surface area contributed by atoms with Gasteiger partial charge in [-0.15, -0.1) is 0 Å². The van der Waals surface area contributed by atoms with Crippen molar-refractivity contribution in [1.29, 1.82) is 0 Å². The van der Waals surface area contributed by atoms with Crippen LogP contribution in [0.25, 0.3) is 22.0 Å². The molecule has 1 aromatic heterocycles. The van der Waals surface area contributed by atoms with Gasteiger partial charge in [0, 0.05) is 22.8 Å². The smallest absolute Gasteiger partial charge is 0.255 e. The number of nitrogens with one attached hydrogen (secondary N) is 2. The number of aromatic amines is 1. The molecular formula is C27H27N3O2. The number of rotatable bonds is 4. The molecule has 162 valence electrons. The summed E-state index contributed by atoms with van der Waals surface area (Å²) in [5.41, 5.74) is 12.1. The van der Waals surface area contributed by atoms with E-state index in [0.717, 1.165) is 27.8 Å². The van der Waals surface area contributed by atoms with Crippen LogP contribution < -0.4 is 11.1 Å². The Kier molecular flexibility index (Phi) is 5.35. The zero-order valence-corrected chi connectivity index (χ0v) is 18.7. The number of hydrogen-bond acceptors (Lipinski definition) is 2. The minimum Gasteiger partial charge on any atom is -0.366 e. The zero-order valence-electron chi connectivity index (χ0n) is 18.7. The number of nitrogens with two attached hydrogens (primary N) is 1. The van der Waals surface area contributed by atoms with Gasteiger partial charge in [0.25, 0.3) is 11.8 Å². The minimum absolute atomic E-state index is 0.0353. The van der Waals surface area contributed by atoms with Crippen LogP contribution in [-0.4, -0.2) is 16.8 Å². The standard InChI is InChI=1S/C27H27N3O2/c1-16-19(20-12-13-22(25(28)31)24-21(20)14-15-29-24)6-5-7-23(16)30-26(32)17-8-10-18(11-9-17)27(2,3)4/h5-15,29H,1-4H3,(H2,28,31)(H,30,32). The normalized spacial score (nSPS) is 11.5. The van der Waals surface area contributed by atoms with Gasteiger partial charge in [0.05, 0.1) is 11.1 Å². The first-order valence-electron chi connectivity index (χ1n) is 10.6. The predicted molar refractivity (Wildman–Crippen MR) is 130 cm³/mol. The summed E-state index contributed by atoms with van der Waals surface area (Å²) in [5.74, 6) is -0.624. The summed E-state index contributed by atoms with van der Waals surface area (Å²) in [4.78, 5) is 27.8. The van der Waals surface area contributed by atoms with Gasteiger partial charge in [-0.05, 0) is 64.9 Å². The molecular weight excluding hydrogens is 398 g/mol. The number of H-pyrrole nitrogens is 1. The van der Waals surface area contributed by atoms with Crippen molar-refractivity contribution in [2.45, 2.75) is 33.1 Å². The number of fused-ring (bicyclic) bond motifs is 1. The quantitative estimate of drug-likeness (QED) is 0.386. The van der Waals surface area contributed by atoms with Crippen LogP contribution in [0, 0.1) is 6.92 Å². The zero-order chi connectivity index (χ0) is 23.0. The monoisotopic (exact) mass is 425 g/mol. The predicted octanol–water partition coefficient (Wildman–Crippen LogP) is 5.79. The fourth-order valence-electron chi connectivity index (χ4n) is 3.98. The summed E-state index contributed by atoms with van der Waals surface area (Å²) in [7, 11) is 0. The maximum atomic E-state index is 12.9. The van der Waals surface area contributed by atoms with Gasteiger partial charge in [0.2, 0.25) is 0 Å². The van der Waals surface area contributed by atoms with Gasteiger partial charge in [-0.2, -0.15) is 0 Å². The number of amides is 2. The van der Waals surface area contributed by atoms with Crippen LogP contribution in [0.1, 0.15) is 52.6 Å². The van der Waals surface area contributed by atoms with Gasteiger partial charge in [0.15, 0.2) is 0 Å². The van der Waals surface area contributed by atoms with Gasteiger partial charge in [0.1, 0.15) is 0 Å². The fraction of sp³-hybridized carbons (Fsp3) is 0.185. The topological polar surface area (TPSA) is 88.0 Å². The summed E-state index contributed by atoms with van der Waals surface area (Å²) in [6.45, 7) is 8.42. The molecule has 0 aliphatic rings. The molecule has 4 aromatic rings. The molecule has 2 amide bonds. The van der Waals surface area contributed by atoms with Crippen molar-refractivity contribution >= 4 is 28.4 Å². The summed E-state index contributed by atoms with van der Waals surface area (Å²) in [6, 6.07) is 19.1. The summed E-state index contributed by atoms with van der Waals surface area (Å²) < 4.78 is 0. The number of benzene rings is 3. The number of primary amides is 1. The SMILES string of the molecule is Cc1c(NC(=O)c2ccc(C(C)(C)C)cc2)cccc1-c1ccc(C(N)=O)c2[nH]ccc12. The Balaban J connectivity index is 1.67. The van der Waals surface area contributed by atoms with E-state index in [1.165, 1.54) is 5.56 Å². The van der Waals surface area contributed by atoms with E-state index in [-0.39, 0.29) is 11.3 Å². The van der Waals surface area contributed by atoms with E-state index in [1.54, 1.807) is 12.3 Å². The van der Waals surface area contributed by atoms with Crippen molar-refractivity contribution in [2.75, 3.05) is 5.32 Å². The molecule has 0 saturated heterocycles. The molecule has 0 atom stereocenters. The lowest BCUT2D eigenvalue weighted by Crippen LogP contribution is -2.15. The second-order valence-electron chi connectivity index (χ2n) is 9.05. The average molecular weight is 426 g/mol. The van der Waals surface area contributed by atoms with Crippen LogP contribution >= 0.6 is 0 Å². The second kappa shape index (κ2) is 8.00. The number of anilines is 1. The van der Waals surface area contributed by atoms with E-state index in [4.69, 9.17) is 5.73 Å². The summed E-state index contributed by atoms with van der Waals surface area (Å²) >= 11 is 0. The Bertz CT molecular complexity index is 1330. The highest BCUT2D eigenvalue weighted by molar-refractivity contribution is 6.10. The van der Waals surface area contributed by atoms with E-state index < -0.39 is 5.91 Å². The van der Waals surface area contributed by atoms with Crippen LogP contribution in [-0.2, 0) is 5.41 Å². The fourth-order valence-corrected chi connectivity index (χ4v) is 3.98. The largest absolute Gasteiger partial charge is 0.366 e. The second-order valence-corrected chi connectivity index (χ2v) is 9.05. The lowest BCUT2D eigenvalue weighted by molar-refractivity contribution is 0.0999. The maximum absolute atomic E-state index is 12.9. The van der Waals surface area contributed by atoms with E-state index >= 15 is 0 Å². The van der Waals surface area contributed by atoms with Crippen molar-refractivity contribution in [2.24, 2.45) is 5.73 Å². The third-order valence-corrected chi connectivity index (χ3v) is 5.87. The molecule has 0 saturated carbocycles. The van der Waals surface area contributed by atoms with E-state index in [9.17, 15) is 9.59 Å². The lowest BCUT2D eigenvalue weighted by atomic mass is 9.86. The van der Waals surface area contributed by atoms with Crippen LogP contribution in [0.2, 0.25) is 0 Å². The van der Waals surface area contributed by atoms with Crippen molar-refractivity contribution in [1.82, 2.24) is 4.98 Å². The highest BCUT2D eigenvalue weighted by Gasteiger charge is 2.17.